The molecule has 4 N–H and O–H groups in total. The second kappa shape index (κ2) is 8.38. The van der Waals surface area contributed by atoms with Gasteiger partial charge in [-0.2, -0.15) is 0 Å². The molecule has 15 heavy (non-hydrogen) atoms. The largest absolute Gasteiger partial charge is 0.343 e. The normalized spacial score (nSPS) is 16.6. The van der Waals surface area contributed by atoms with E-state index in [1.165, 1.54) is 7.05 Å². The lowest BCUT2D eigenvalue weighted by Crippen LogP contribution is -2.30. The van der Waals surface area contributed by atoms with E-state index in [0.29, 0.717) is 19.1 Å². The van der Waals surface area contributed by atoms with Crippen LogP contribution < -0.4 is 11.5 Å². The van der Waals surface area contributed by atoms with Crippen LogP contribution in [-0.2, 0) is 9.59 Å². The van der Waals surface area contributed by atoms with Gasteiger partial charge in [0.1, 0.15) is 6.29 Å². The molecule has 0 radical (unpaired) electrons. The highest BCUT2D eigenvalue weighted by Gasteiger charge is 2.17. The zero-order valence-corrected chi connectivity index (χ0v) is 9.32. The molecule has 0 bridgehead atoms. The number of nitrogens with zero attached hydrogens (tertiary/aromatic N) is 1. The lowest BCUT2D eigenvalue weighted by atomic mass is 10.2. The second-order valence-electron chi connectivity index (χ2n) is 3.43. The first-order chi connectivity index (χ1) is 7.24. The molecule has 0 saturated carbocycles. The highest BCUT2D eigenvalue weighted by molar-refractivity contribution is 5.77. The topological polar surface area (TPSA) is 89.4 Å². The maximum atomic E-state index is 11.4. The van der Waals surface area contributed by atoms with Gasteiger partial charge in [0.25, 0.3) is 0 Å². The summed E-state index contributed by atoms with van der Waals surface area (Å²) < 4.78 is 0. The third kappa shape index (κ3) is 5.49. The highest BCUT2D eigenvalue weighted by atomic mass is 16.2. The molecule has 5 nitrogen and oxygen atoms in total. The fraction of sp³-hybridized carbons (Fsp3) is 0.800. The van der Waals surface area contributed by atoms with E-state index in [0.717, 1.165) is 25.9 Å². The van der Waals surface area contributed by atoms with E-state index in [-0.39, 0.29) is 5.91 Å². The average molecular weight is 215 g/mol. The summed E-state index contributed by atoms with van der Waals surface area (Å²) in [4.78, 5) is 23.5. The molecule has 1 fully saturated rings. The summed E-state index contributed by atoms with van der Waals surface area (Å²) in [5.74, 6) is 0.134. The molecule has 1 aliphatic rings. The van der Waals surface area contributed by atoms with Crippen molar-refractivity contribution in [1.29, 1.82) is 0 Å². The number of hydrogen-bond donors (Lipinski definition) is 2. The van der Waals surface area contributed by atoms with Crippen LogP contribution in [0.5, 0.6) is 0 Å². The average Bonchev–Trinajstić information content (AvgIpc) is 2.81. The minimum absolute atomic E-state index is 0.134. The zero-order valence-electron chi connectivity index (χ0n) is 9.32. The number of likely N-dealkylation sites (tertiary alicyclic amines) is 1. The van der Waals surface area contributed by atoms with Crippen molar-refractivity contribution >= 4 is 12.2 Å². The number of aldehydes is 1. The Kier molecular flexibility index (Phi) is 7.85. The lowest BCUT2D eigenvalue weighted by Gasteiger charge is -2.15. The van der Waals surface area contributed by atoms with Crippen LogP contribution in [0.3, 0.4) is 0 Å². The molecule has 1 amide bonds. The zero-order chi connectivity index (χ0) is 11.7. The molecule has 5 heteroatoms. The molecule has 88 valence electrons. The molecule has 0 spiro atoms. The van der Waals surface area contributed by atoms with E-state index >= 15 is 0 Å². The Morgan fingerprint density at radius 1 is 1.40 bits per heavy atom. The van der Waals surface area contributed by atoms with E-state index in [1.807, 2.05) is 4.90 Å². The summed E-state index contributed by atoms with van der Waals surface area (Å²) in [6.45, 7) is 1.74. The van der Waals surface area contributed by atoms with Gasteiger partial charge in [0.2, 0.25) is 5.91 Å². The fourth-order valence-corrected chi connectivity index (χ4v) is 1.48. The Hall–Kier alpha value is -0.940. The van der Waals surface area contributed by atoms with Gasteiger partial charge in [-0.3, -0.25) is 4.79 Å². The Morgan fingerprint density at radius 3 is 2.40 bits per heavy atom. The van der Waals surface area contributed by atoms with Gasteiger partial charge < -0.3 is 21.2 Å². The summed E-state index contributed by atoms with van der Waals surface area (Å²) in [7, 11) is 1.50. The summed E-state index contributed by atoms with van der Waals surface area (Å²) in [6.07, 6.45) is 3.77. The quantitative estimate of drug-likeness (QED) is 0.618. The summed E-state index contributed by atoms with van der Waals surface area (Å²) >= 11 is 0. The van der Waals surface area contributed by atoms with E-state index < -0.39 is 6.04 Å². The number of carbonyl (C=O) groups excluding carboxylic acids is 2. The van der Waals surface area contributed by atoms with E-state index in [9.17, 15) is 9.59 Å². The monoisotopic (exact) mass is 215 g/mol. The van der Waals surface area contributed by atoms with Gasteiger partial charge in [-0.1, -0.05) is 0 Å². The van der Waals surface area contributed by atoms with Gasteiger partial charge in [0, 0.05) is 19.5 Å². The first-order valence-electron chi connectivity index (χ1n) is 5.30. The number of carbonyl (C=O) groups is 2. The van der Waals surface area contributed by atoms with Gasteiger partial charge in [0.15, 0.2) is 0 Å². The Balaban J connectivity index is 0.000000921. The van der Waals surface area contributed by atoms with Crippen molar-refractivity contribution < 1.29 is 9.59 Å². The standard InChI is InChI=1S/C9H16N2O2.CH5N/c10-8(7-12)3-4-9(13)11-5-1-2-6-11;1-2/h7-8H,1-6,10H2;2H2,1H3. The molecule has 1 aliphatic heterocycles. The van der Waals surface area contributed by atoms with Crippen molar-refractivity contribution in [3.05, 3.63) is 0 Å². The molecule has 0 aromatic rings. The van der Waals surface area contributed by atoms with Gasteiger partial charge >= 0.3 is 0 Å². The predicted octanol–water partition coefficient (Wildman–Crippen LogP) is -0.510. The molecule has 1 rings (SSSR count). The maximum Gasteiger partial charge on any atom is 0.222 e. The number of rotatable bonds is 4. The third-order valence-corrected chi connectivity index (χ3v) is 2.33. The minimum atomic E-state index is -0.480. The maximum absolute atomic E-state index is 11.4. The molecular formula is C10H21N3O2. The van der Waals surface area contributed by atoms with E-state index in [2.05, 4.69) is 5.73 Å². The Labute approximate surface area is 90.8 Å². The fourth-order valence-electron chi connectivity index (χ4n) is 1.48. The van der Waals surface area contributed by atoms with Crippen LogP contribution >= 0.6 is 0 Å². The molecule has 1 saturated heterocycles. The van der Waals surface area contributed by atoms with E-state index in [4.69, 9.17) is 5.73 Å². The molecule has 1 heterocycles. The van der Waals surface area contributed by atoms with Crippen LogP contribution in [0.4, 0.5) is 0 Å². The highest BCUT2D eigenvalue weighted by Crippen LogP contribution is 2.09. The summed E-state index contributed by atoms with van der Waals surface area (Å²) in [5, 5.41) is 0. The molecule has 0 aliphatic carbocycles. The molecule has 1 atom stereocenters. The first kappa shape index (κ1) is 14.1. The molecule has 0 aromatic heterocycles. The summed E-state index contributed by atoms with van der Waals surface area (Å²) in [5.41, 5.74) is 9.88. The van der Waals surface area contributed by atoms with Crippen LogP contribution in [0.25, 0.3) is 0 Å². The van der Waals surface area contributed by atoms with Gasteiger partial charge in [0.05, 0.1) is 6.04 Å². The lowest BCUT2D eigenvalue weighted by molar-refractivity contribution is -0.130. The second-order valence-corrected chi connectivity index (χ2v) is 3.43. The predicted molar refractivity (Wildman–Crippen MR) is 59.2 cm³/mol. The first-order valence-corrected chi connectivity index (χ1v) is 5.30. The van der Waals surface area contributed by atoms with Gasteiger partial charge in [-0.15, -0.1) is 0 Å². The van der Waals surface area contributed by atoms with Gasteiger partial charge in [-0.05, 0) is 26.3 Å². The number of nitrogens with two attached hydrogens (primary N) is 2. The third-order valence-electron chi connectivity index (χ3n) is 2.33. The smallest absolute Gasteiger partial charge is 0.222 e. The van der Waals surface area contributed by atoms with Crippen LogP contribution in [-0.4, -0.2) is 43.3 Å². The SMILES string of the molecule is CN.NC(C=O)CCC(=O)N1CCCC1. The number of amides is 1. The Morgan fingerprint density at radius 2 is 1.93 bits per heavy atom. The van der Waals surface area contributed by atoms with Crippen LogP contribution in [0, 0.1) is 0 Å². The van der Waals surface area contributed by atoms with Gasteiger partial charge in [-0.25, -0.2) is 0 Å². The van der Waals surface area contributed by atoms with Crippen LogP contribution in [0.1, 0.15) is 25.7 Å². The van der Waals surface area contributed by atoms with E-state index in [1.54, 1.807) is 0 Å². The van der Waals surface area contributed by atoms with Crippen molar-refractivity contribution in [2.45, 2.75) is 31.7 Å². The molecule has 0 aromatic carbocycles. The van der Waals surface area contributed by atoms with Crippen molar-refractivity contribution in [2.75, 3.05) is 20.1 Å². The molecule has 1 unspecified atom stereocenters. The van der Waals surface area contributed by atoms with Crippen molar-refractivity contribution in [2.24, 2.45) is 11.5 Å². The number of hydrogen-bond acceptors (Lipinski definition) is 4. The van der Waals surface area contributed by atoms with Crippen molar-refractivity contribution in [3.8, 4) is 0 Å². The Bertz CT molecular complexity index is 191. The van der Waals surface area contributed by atoms with Crippen LogP contribution in [0.15, 0.2) is 0 Å². The van der Waals surface area contributed by atoms with Crippen molar-refractivity contribution in [3.63, 3.8) is 0 Å². The van der Waals surface area contributed by atoms with Crippen LogP contribution in [0.2, 0.25) is 0 Å². The minimum Gasteiger partial charge on any atom is -0.343 e. The molecular weight excluding hydrogens is 194 g/mol. The summed E-state index contributed by atoms with van der Waals surface area (Å²) in [6, 6.07) is -0.480. The van der Waals surface area contributed by atoms with Crippen molar-refractivity contribution in [1.82, 2.24) is 4.90 Å².